The molecule has 0 spiro atoms. The Labute approximate surface area is 250 Å². The fourth-order valence-corrected chi connectivity index (χ4v) is 4.59. The number of aromatic nitrogens is 2. The summed E-state index contributed by atoms with van der Waals surface area (Å²) in [7, 11) is 0. The van der Waals surface area contributed by atoms with Crippen molar-refractivity contribution in [2.75, 3.05) is 33.0 Å². The fourth-order valence-electron chi connectivity index (χ4n) is 4.59. The summed E-state index contributed by atoms with van der Waals surface area (Å²) < 4.78 is 17.9. The number of nitrogens with zero attached hydrogens (tertiary/aromatic N) is 4. The molecule has 0 radical (unpaired) electrons. The second-order valence-electron chi connectivity index (χ2n) is 9.93. The summed E-state index contributed by atoms with van der Waals surface area (Å²) in [5, 5.41) is 14.7. The van der Waals surface area contributed by atoms with Crippen molar-refractivity contribution in [1.29, 1.82) is 5.26 Å². The van der Waals surface area contributed by atoms with Gasteiger partial charge in [0.2, 0.25) is 0 Å². The zero-order valence-electron chi connectivity index (χ0n) is 24.8. The zero-order chi connectivity index (χ0) is 30.9. The van der Waals surface area contributed by atoms with Gasteiger partial charge in [0, 0.05) is 29.8 Å². The van der Waals surface area contributed by atoms with Crippen LogP contribution in [0.1, 0.15) is 38.3 Å². The Morgan fingerprint density at radius 2 is 1.79 bits per heavy atom. The third-order valence-electron chi connectivity index (χ3n) is 6.79. The number of ether oxygens (including phenoxy) is 3. The quantitative estimate of drug-likeness (QED) is 0.129. The van der Waals surface area contributed by atoms with E-state index in [0.717, 1.165) is 33.9 Å². The molecular weight excluding hydrogens is 548 g/mol. The Hall–Kier alpha value is -5.01. The first-order valence-electron chi connectivity index (χ1n) is 14.0. The van der Waals surface area contributed by atoms with Crippen LogP contribution in [0.4, 0.5) is 0 Å². The molecule has 222 valence electrons. The lowest BCUT2D eigenvalue weighted by Crippen LogP contribution is -2.44. The summed E-state index contributed by atoms with van der Waals surface area (Å²) in [6.07, 6.45) is 4.39. The molecule has 3 aromatic rings. The van der Waals surface area contributed by atoms with Gasteiger partial charge in [-0.05, 0) is 67.8 Å². The van der Waals surface area contributed by atoms with Crippen molar-refractivity contribution in [2.24, 2.45) is 0 Å². The minimum Gasteiger partial charge on any atom is -0.493 e. The normalized spacial score (nSPS) is 14.3. The number of carbonyl (C=O) groups excluding carboxylic acids is 3. The van der Waals surface area contributed by atoms with Gasteiger partial charge in [0.25, 0.3) is 11.8 Å². The van der Waals surface area contributed by atoms with Gasteiger partial charge in [0.15, 0.2) is 0 Å². The lowest BCUT2D eigenvalue weighted by molar-refractivity contribution is -0.142. The van der Waals surface area contributed by atoms with Crippen LogP contribution in [0, 0.1) is 18.3 Å². The Bertz CT molecular complexity index is 1610. The maximum absolute atomic E-state index is 13.7. The van der Waals surface area contributed by atoms with Crippen LogP contribution in [-0.2, 0) is 23.9 Å². The summed E-state index contributed by atoms with van der Waals surface area (Å²) in [4.78, 5) is 38.7. The smallest absolute Gasteiger partial charge is 0.302 e. The van der Waals surface area contributed by atoms with Crippen molar-refractivity contribution in [3.05, 3.63) is 82.6 Å². The van der Waals surface area contributed by atoms with Gasteiger partial charge >= 0.3 is 5.97 Å². The molecule has 10 heteroatoms. The van der Waals surface area contributed by atoms with Crippen LogP contribution < -0.4 is 4.74 Å². The highest BCUT2D eigenvalue weighted by Crippen LogP contribution is 2.33. The lowest BCUT2D eigenvalue weighted by atomic mass is 9.93. The molecule has 0 saturated carbocycles. The van der Waals surface area contributed by atoms with E-state index in [9.17, 15) is 19.6 Å². The summed E-state index contributed by atoms with van der Waals surface area (Å²) >= 11 is 0. The van der Waals surface area contributed by atoms with Crippen LogP contribution in [0.25, 0.3) is 23.0 Å². The Balaban J connectivity index is 1.73. The minimum atomic E-state index is -0.677. The van der Waals surface area contributed by atoms with Crippen molar-refractivity contribution in [3.8, 4) is 28.8 Å². The van der Waals surface area contributed by atoms with E-state index in [1.807, 2.05) is 74.6 Å². The van der Waals surface area contributed by atoms with E-state index in [-0.39, 0.29) is 37.5 Å². The average molecular weight is 583 g/mol. The van der Waals surface area contributed by atoms with Crippen LogP contribution in [-0.4, -0.2) is 65.4 Å². The van der Waals surface area contributed by atoms with Gasteiger partial charge in [-0.25, -0.2) is 4.68 Å². The molecule has 0 bridgehead atoms. The number of para-hydroxylation sites is 1. The van der Waals surface area contributed by atoms with Crippen molar-refractivity contribution >= 4 is 23.9 Å². The number of benzene rings is 2. The van der Waals surface area contributed by atoms with Crippen molar-refractivity contribution < 1.29 is 28.6 Å². The summed E-state index contributed by atoms with van der Waals surface area (Å²) in [5.41, 5.74) is 4.25. The van der Waals surface area contributed by atoms with E-state index in [1.54, 1.807) is 17.7 Å². The van der Waals surface area contributed by atoms with E-state index < -0.39 is 17.8 Å². The summed E-state index contributed by atoms with van der Waals surface area (Å²) in [6, 6.07) is 17.4. The number of hydrogen-bond donors (Lipinski definition) is 0. The van der Waals surface area contributed by atoms with Crippen LogP contribution in [0.15, 0.2) is 71.4 Å². The Morgan fingerprint density at radius 3 is 2.47 bits per heavy atom. The summed E-state index contributed by atoms with van der Waals surface area (Å²) in [5.74, 6) is -0.853. The number of hydrogen-bond acceptors (Lipinski definition) is 8. The number of imide groups is 1. The lowest BCUT2D eigenvalue weighted by Gasteiger charge is -2.27. The molecule has 1 aliphatic rings. The third-order valence-corrected chi connectivity index (χ3v) is 6.79. The highest BCUT2D eigenvalue weighted by molar-refractivity contribution is 6.19. The minimum absolute atomic E-state index is 0.0205. The van der Waals surface area contributed by atoms with E-state index in [1.165, 1.54) is 6.92 Å². The number of esters is 1. The Morgan fingerprint density at radius 1 is 1.02 bits per heavy atom. The molecule has 1 aliphatic heterocycles. The molecule has 0 unspecified atom stereocenters. The fraction of sp³-hybridized carbons (Fsp3) is 0.303. The highest BCUT2D eigenvalue weighted by Gasteiger charge is 2.35. The molecule has 43 heavy (non-hydrogen) atoms. The van der Waals surface area contributed by atoms with Gasteiger partial charge in [-0.2, -0.15) is 10.4 Å². The number of nitriles is 1. The molecule has 4 rings (SSSR count). The molecule has 0 aliphatic carbocycles. The second kappa shape index (κ2) is 14.2. The molecule has 0 N–H and O–H groups in total. The number of amides is 2. The Kier molecular flexibility index (Phi) is 10.3. The largest absolute Gasteiger partial charge is 0.493 e. The van der Waals surface area contributed by atoms with Crippen LogP contribution in [0.5, 0.6) is 5.75 Å². The molecule has 0 saturated heterocycles. The molecular formula is C33H34N4O6. The second-order valence-corrected chi connectivity index (χ2v) is 9.93. The summed E-state index contributed by atoms with van der Waals surface area (Å²) in [6.45, 7) is 7.65. The molecule has 1 aromatic heterocycles. The van der Waals surface area contributed by atoms with Gasteiger partial charge in [0.05, 0.1) is 37.7 Å². The zero-order valence-corrected chi connectivity index (χ0v) is 24.8. The maximum Gasteiger partial charge on any atom is 0.302 e. The van der Waals surface area contributed by atoms with Gasteiger partial charge in [0.1, 0.15) is 24.0 Å². The molecule has 0 fully saturated rings. The van der Waals surface area contributed by atoms with E-state index in [0.29, 0.717) is 23.4 Å². The molecule has 2 amide bonds. The predicted molar refractivity (Wildman–Crippen MR) is 160 cm³/mol. The van der Waals surface area contributed by atoms with E-state index in [2.05, 4.69) is 0 Å². The number of aryl methyl sites for hydroxylation is 1. The monoisotopic (exact) mass is 582 g/mol. The van der Waals surface area contributed by atoms with E-state index in [4.69, 9.17) is 19.3 Å². The molecule has 2 heterocycles. The number of carbonyl (C=O) groups is 3. The standard InChI is InChI=1S/C33H34N4O6/c1-5-14-43-30-12-11-25(18-22(30)2)31-26(21-37(35-31)27-9-7-6-8-10-27)19-28-23(3)29(20-34)33(40)36(32(28)39)13-15-41-16-17-42-24(4)38/h6-12,18-19,21H,5,13-17H2,1-4H3/b28-19+. The van der Waals surface area contributed by atoms with Crippen molar-refractivity contribution in [3.63, 3.8) is 0 Å². The first-order valence-corrected chi connectivity index (χ1v) is 14.0. The van der Waals surface area contributed by atoms with Crippen LogP contribution in [0.3, 0.4) is 0 Å². The van der Waals surface area contributed by atoms with Gasteiger partial charge in [-0.1, -0.05) is 25.1 Å². The van der Waals surface area contributed by atoms with Gasteiger partial charge < -0.3 is 14.2 Å². The first-order chi connectivity index (χ1) is 20.7. The van der Waals surface area contributed by atoms with Gasteiger partial charge in [-0.3, -0.25) is 19.3 Å². The van der Waals surface area contributed by atoms with Crippen molar-refractivity contribution in [1.82, 2.24) is 14.7 Å². The van der Waals surface area contributed by atoms with Crippen LogP contribution >= 0.6 is 0 Å². The topological polar surface area (TPSA) is 124 Å². The maximum atomic E-state index is 13.7. The average Bonchev–Trinajstić information content (AvgIpc) is 3.42. The highest BCUT2D eigenvalue weighted by atomic mass is 16.6. The number of rotatable bonds is 12. The molecule has 0 atom stereocenters. The third kappa shape index (κ3) is 7.26. The predicted octanol–water partition coefficient (Wildman–Crippen LogP) is 4.81. The molecule has 2 aromatic carbocycles. The van der Waals surface area contributed by atoms with Gasteiger partial charge in [-0.15, -0.1) is 0 Å². The van der Waals surface area contributed by atoms with Crippen molar-refractivity contribution in [2.45, 2.75) is 34.1 Å². The van der Waals surface area contributed by atoms with E-state index >= 15 is 0 Å². The SMILES string of the molecule is CCCOc1ccc(-c2nn(-c3ccccc3)cc2/C=C2/C(=O)N(CCOCCOC(C)=O)C(=O)C(C#N)=C2C)cc1C. The first kappa shape index (κ1) is 30.9. The van der Waals surface area contributed by atoms with Crippen LogP contribution in [0.2, 0.25) is 0 Å². The molecule has 10 nitrogen and oxygen atoms in total.